The van der Waals surface area contributed by atoms with E-state index in [4.69, 9.17) is 17.3 Å². The Balaban J connectivity index is 2.73. The van der Waals surface area contributed by atoms with Crippen molar-refractivity contribution in [1.29, 1.82) is 0 Å². The Morgan fingerprint density at radius 3 is 2.73 bits per heavy atom. The van der Waals surface area contributed by atoms with Crippen LogP contribution in [0.4, 0.5) is 5.69 Å². The van der Waals surface area contributed by atoms with Crippen molar-refractivity contribution in [3.8, 4) is 0 Å². The lowest BCUT2D eigenvalue weighted by molar-refractivity contribution is 0.311. The summed E-state index contributed by atoms with van der Waals surface area (Å²) < 4.78 is 0. The Morgan fingerprint density at radius 1 is 1.47 bits per heavy atom. The van der Waals surface area contributed by atoms with Gasteiger partial charge in [-0.3, -0.25) is 4.90 Å². The highest BCUT2D eigenvalue weighted by Crippen LogP contribution is 2.17. The van der Waals surface area contributed by atoms with Crippen molar-refractivity contribution < 1.29 is 0 Å². The fourth-order valence-corrected chi connectivity index (χ4v) is 1.78. The molecule has 0 radical (unpaired) electrons. The van der Waals surface area contributed by atoms with Gasteiger partial charge in [-0.2, -0.15) is 0 Å². The van der Waals surface area contributed by atoms with E-state index in [1.54, 1.807) is 6.07 Å². The molecule has 1 aromatic rings. The first kappa shape index (κ1) is 12.1. The summed E-state index contributed by atoms with van der Waals surface area (Å²) >= 11 is 5.94. The van der Waals surface area contributed by atoms with Crippen LogP contribution in [-0.2, 0) is 6.54 Å². The second-order valence-corrected chi connectivity index (χ2v) is 3.95. The first-order valence-electron chi connectivity index (χ1n) is 5.04. The van der Waals surface area contributed by atoms with Crippen molar-refractivity contribution in [3.05, 3.63) is 41.4 Å². The van der Waals surface area contributed by atoms with Crippen LogP contribution in [0.1, 0.15) is 12.5 Å². The molecule has 0 aliphatic rings. The molecular weight excluding hydrogens is 208 g/mol. The Morgan fingerprint density at radius 2 is 2.20 bits per heavy atom. The average molecular weight is 225 g/mol. The van der Waals surface area contributed by atoms with Gasteiger partial charge < -0.3 is 5.73 Å². The number of benzene rings is 1. The minimum Gasteiger partial charge on any atom is -0.399 e. The van der Waals surface area contributed by atoms with E-state index in [-0.39, 0.29) is 0 Å². The van der Waals surface area contributed by atoms with E-state index in [1.807, 2.05) is 18.2 Å². The Labute approximate surface area is 96.3 Å². The fraction of sp³-hybridized carbons (Fsp3) is 0.333. The van der Waals surface area contributed by atoms with Crippen molar-refractivity contribution in [2.24, 2.45) is 0 Å². The van der Waals surface area contributed by atoms with Crippen LogP contribution in [0.5, 0.6) is 0 Å². The van der Waals surface area contributed by atoms with Crippen LogP contribution in [0, 0.1) is 0 Å². The maximum atomic E-state index is 5.94. The van der Waals surface area contributed by atoms with E-state index >= 15 is 0 Å². The molecule has 0 atom stereocenters. The SMILES string of the molecule is C=CCN(CC)Cc1cc(N)cc(Cl)c1. The number of nitrogen functional groups attached to an aromatic ring is 1. The highest BCUT2D eigenvalue weighted by molar-refractivity contribution is 6.30. The largest absolute Gasteiger partial charge is 0.399 e. The van der Waals surface area contributed by atoms with E-state index in [9.17, 15) is 0 Å². The molecule has 0 saturated carbocycles. The van der Waals surface area contributed by atoms with Crippen LogP contribution in [0.25, 0.3) is 0 Å². The van der Waals surface area contributed by atoms with Gasteiger partial charge in [0, 0.05) is 23.8 Å². The number of rotatable bonds is 5. The van der Waals surface area contributed by atoms with Crippen molar-refractivity contribution in [3.63, 3.8) is 0 Å². The van der Waals surface area contributed by atoms with Crippen molar-refractivity contribution in [1.82, 2.24) is 4.90 Å². The summed E-state index contributed by atoms with van der Waals surface area (Å²) in [5.74, 6) is 0. The number of hydrogen-bond donors (Lipinski definition) is 1. The lowest BCUT2D eigenvalue weighted by Gasteiger charge is -2.18. The van der Waals surface area contributed by atoms with Gasteiger partial charge in [-0.25, -0.2) is 0 Å². The molecule has 0 aliphatic heterocycles. The van der Waals surface area contributed by atoms with Gasteiger partial charge in [0.1, 0.15) is 0 Å². The summed E-state index contributed by atoms with van der Waals surface area (Å²) in [5.41, 5.74) is 7.58. The minimum absolute atomic E-state index is 0.694. The predicted octanol–water partition coefficient (Wildman–Crippen LogP) is 2.93. The second kappa shape index (κ2) is 5.79. The summed E-state index contributed by atoms with van der Waals surface area (Å²) in [4.78, 5) is 2.26. The van der Waals surface area contributed by atoms with E-state index in [0.29, 0.717) is 10.7 Å². The molecule has 0 bridgehead atoms. The maximum absolute atomic E-state index is 5.94. The molecule has 3 heteroatoms. The molecule has 0 heterocycles. The summed E-state index contributed by atoms with van der Waals surface area (Å²) in [6, 6.07) is 5.66. The monoisotopic (exact) mass is 224 g/mol. The third-order valence-electron chi connectivity index (χ3n) is 2.22. The van der Waals surface area contributed by atoms with Crippen LogP contribution in [0.15, 0.2) is 30.9 Å². The number of hydrogen-bond acceptors (Lipinski definition) is 2. The second-order valence-electron chi connectivity index (χ2n) is 3.51. The lowest BCUT2D eigenvalue weighted by Crippen LogP contribution is -2.22. The molecule has 0 unspecified atom stereocenters. The maximum Gasteiger partial charge on any atom is 0.0429 e. The molecule has 2 nitrogen and oxygen atoms in total. The molecule has 0 amide bonds. The Hall–Kier alpha value is -0.990. The Kier molecular flexibility index (Phi) is 4.66. The van der Waals surface area contributed by atoms with Crippen molar-refractivity contribution in [2.45, 2.75) is 13.5 Å². The number of nitrogens with two attached hydrogens (primary N) is 1. The first-order chi connectivity index (χ1) is 7.15. The minimum atomic E-state index is 0.694. The van der Waals surface area contributed by atoms with Gasteiger partial charge in [-0.1, -0.05) is 24.6 Å². The molecule has 0 aliphatic carbocycles. The molecule has 15 heavy (non-hydrogen) atoms. The number of likely N-dealkylation sites (N-methyl/N-ethyl adjacent to an activating group) is 1. The van der Waals surface area contributed by atoms with E-state index in [0.717, 1.165) is 25.2 Å². The van der Waals surface area contributed by atoms with Crippen LogP contribution < -0.4 is 5.73 Å². The average Bonchev–Trinajstić information content (AvgIpc) is 2.15. The molecule has 0 spiro atoms. The van der Waals surface area contributed by atoms with Gasteiger partial charge in [-0.15, -0.1) is 6.58 Å². The van der Waals surface area contributed by atoms with Crippen LogP contribution in [0.3, 0.4) is 0 Å². The molecule has 82 valence electrons. The van der Waals surface area contributed by atoms with Gasteiger partial charge in [-0.05, 0) is 30.3 Å². The molecule has 1 rings (SSSR count). The number of anilines is 1. The standard InChI is InChI=1S/C12H17ClN2/c1-3-5-15(4-2)9-10-6-11(13)8-12(14)7-10/h3,6-8H,1,4-5,9,14H2,2H3. The van der Waals surface area contributed by atoms with Crippen LogP contribution in [0.2, 0.25) is 5.02 Å². The zero-order valence-electron chi connectivity index (χ0n) is 9.04. The third-order valence-corrected chi connectivity index (χ3v) is 2.44. The Bertz CT molecular complexity index is 316. The smallest absolute Gasteiger partial charge is 0.0429 e. The zero-order valence-corrected chi connectivity index (χ0v) is 9.80. The summed E-state index contributed by atoms with van der Waals surface area (Å²) in [5, 5.41) is 0.694. The quantitative estimate of drug-likeness (QED) is 0.616. The highest BCUT2D eigenvalue weighted by Gasteiger charge is 2.03. The summed E-state index contributed by atoms with van der Waals surface area (Å²) in [7, 11) is 0. The van der Waals surface area contributed by atoms with Gasteiger partial charge in [0.2, 0.25) is 0 Å². The molecule has 0 fully saturated rings. The molecular formula is C12H17ClN2. The molecule has 0 saturated heterocycles. The third kappa shape index (κ3) is 3.94. The predicted molar refractivity (Wildman–Crippen MR) is 67.0 cm³/mol. The van der Waals surface area contributed by atoms with E-state index < -0.39 is 0 Å². The fourth-order valence-electron chi connectivity index (χ4n) is 1.51. The summed E-state index contributed by atoms with van der Waals surface area (Å²) in [6.07, 6.45) is 1.90. The van der Waals surface area contributed by atoms with Gasteiger partial charge >= 0.3 is 0 Å². The van der Waals surface area contributed by atoms with Crippen LogP contribution >= 0.6 is 11.6 Å². The van der Waals surface area contributed by atoms with Crippen molar-refractivity contribution >= 4 is 17.3 Å². The molecule has 2 N–H and O–H groups in total. The normalized spacial score (nSPS) is 10.6. The van der Waals surface area contributed by atoms with Gasteiger partial charge in [0.15, 0.2) is 0 Å². The number of nitrogens with zero attached hydrogens (tertiary/aromatic N) is 1. The molecule has 1 aromatic carbocycles. The van der Waals surface area contributed by atoms with Gasteiger partial charge in [0.05, 0.1) is 0 Å². The zero-order chi connectivity index (χ0) is 11.3. The van der Waals surface area contributed by atoms with E-state index in [1.165, 1.54) is 0 Å². The topological polar surface area (TPSA) is 29.3 Å². The van der Waals surface area contributed by atoms with Crippen LogP contribution in [-0.4, -0.2) is 18.0 Å². The highest BCUT2D eigenvalue weighted by atomic mass is 35.5. The van der Waals surface area contributed by atoms with Crippen molar-refractivity contribution in [2.75, 3.05) is 18.8 Å². The number of halogens is 1. The molecule has 0 aromatic heterocycles. The lowest BCUT2D eigenvalue weighted by atomic mass is 10.2. The summed E-state index contributed by atoms with van der Waals surface area (Å²) in [6.45, 7) is 8.57. The van der Waals surface area contributed by atoms with E-state index in [2.05, 4.69) is 18.4 Å². The van der Waals surface area contributed by atoms with Gasteiger partial charge in [0.25, 0.3) is 0 Å². The first-order valence-corrected chi connectivity index (χ1v) is 5.41.